The van der Waals surface area contributed by atoms with E-state index >= 15 is 0 Å². The van der Waals surface area contributed by atoms with Crippen LogP contribution in [0.4, 0.5) is 0 Å². The third-order valence-electron chi connectivity index (χ3n) is 4.89. The molecule has 0 spiro atoms. The Kier molecular flexibility index (Phi) is 5.30. The van der Waals surface area contributed by atoms with Crippen molar-refractivity contribution in [1.29, 1.82) is 0 Å². The molecule has 0 amide bonds. The lowest BCUT2D eigenvalue weighted by Gasteiger charge is -2.26. The molecule has 146 valence electrons. The van der Waals surface area contributed by atoms with Crippen LogP contribution in [0.25, 0.3) is 11.3 Å². The molecule has 6 nitrogen and oxygen atoms in total. The maximum absolute atomic E-state index is 11.5. The van der Waals surface area contributed by atoms with Crippen LogP contribution in [0.15, 0.2) is 65.7 Å². The number of ether oxygens (including phenoxy) is 1. The zero-order valence-electron chi connectivity index (χ0n) is 15.7. The van der Waals surface area contributed by atoms with Crippen LogP contribution in [-0.2, 0) is 34.3 Å². The predicted molar refractivity (Wildman–Crippen MR) is 107 cm³/mol. The summed E-state index contributed by atoms with van der Waals surface area (Å²) in [5.74, 6) is 0.950. The number of fused-ring (bicyclic) bond motifs is 1. The Morgan fingerprint density at radius 3 is 2.61 bits per heavy atom. The van der Waals surface area contributed by atoms with E-state index in [1.54, 1.807) is 12.1 Å². The molecule has 0 saturated carbocycles. The van der Waals surface area contributed by atoms with Gasteiger partial charge in [-0.1, -0.05) is 42.5 Å². The van der Waals surface area contributed by atoms with Crippen LogP contribution in [0.5, 0.6) is 0 Å². The maximum atomic E-state index is 11.5. The van der Waals surface area contributed by atoms with Crippen molar-refractivity contribution in [3.05, 3.63) is 72.2 Å². The van der Waals surface area contributed by atoms with Gasteiger partial charge in [-0.3, -0.25) is 0 Å². The summed E-state index contributed by atoms with van der Waals surface area (Å²) in [5, 5.41) is 3.40. The van der Waals surface area contributed by atoms with Crippen molar-refractivity contribution in [2.75, 3.05) is 12.8 Å². The van der Waals surface area contributed by atoms with Crippen LogP contribution < -0.4 is 5.32 Å². The second kappa shape index (κ2) is 7.87. The molecule has 0 bridgehead atoms. The van der Waals surface area contributed by atoms with E-state index < -0.39 is 9.84 Å². The first-order valence-corrected chi connectivity index (χ1v) is 11.1. The van der Waals surface area contributed by atoms with Gasteiger partial charge in [0.25, 0.3) is 0 Å². The van der Waals surface area contributed by atoms with Crippen LogP contribution >= 0.6 is 0 Å². The number of benzene rings is 2. The molecule has 1 unspecified atom stereocenters. The van der Waals surface area contributed by atoms with E-state index in [0.717, 1.165) is 29.2 Å². The van der Waals surface area contributed by atoms with Crippen molar-refractivity contribution < 1.29 is 13.2 Å². The Balaban J connectivity index is 1.36. The van der Waals surface area contributed by atoms with Gasteiger partial charge in [-0.25, -0.2) is 13.4 Å². The molecule has 0 fully saturated rings. The lowest BCUT2D eigenvalue weighted by atomic mass is 10.1. The molecule has 1 aliphatic rings. The molecule has 0 aliphatic carbocycles. The molecule has 7 heteroatoms. The molecular weight excluding hydrogens is 374 g/mol. The molecule has 3 aromatic rings. The largest absolute Gasteiger partial charge is 0.367 e. The third kappa shape index (κ3) is 4.16. The van der Waals surface area contributed by atoms with E-state index in [2.05, 4.69) is 27.0 Å². The summed E-state index contributed by atoms with van der Waals surface area (Å²) in [6.45, 7) is 2.62. The Morgan fingerprint density at radius 1 is 1.14 bits per heavy atom. The first kappa shape index (κ1) is 18.9. The van der Waals surface area contributed by atoms with Crippen LogP contribution in [0.1, 0.15) is 11.4 Å². The summed E-state index contributed by atoms with van der Waals surface area (Å²) in [5.41, 5.74) is 3.30. The highest BCUT2D eigenvalue weighted by molar-refractivity contribution is 7.90. The van der Waals surface area contributed by atoms with E-state index in [1.807, 2.05) is 36.5 Å². The standard InChI is InChI=1S/C21H23N3O3S/c1-28(25,26)19-9-7-16(8-10-19)11-22-12-18-14-24-20(13-23-21(24)15-27-18)17-5-3-2-4-6-17/h2-10,13,18,22H,11-12,14-15H2,1H3. The number of nitrogens with zero attached hydrogens (tertiary/aromatic N) is 2. The number of aromatic nitrogens is 2. The summed E-state index contributed by atoms with van der Waals surface area (Å²) >= 11 is 0. The Morgan fingerprint density at radius 2 is 1.89 bits per heavy atom. The normalized spacial score (nSPS) is 16.7. The Bertz CT molecular complexity index is 1040. The molecular formula is C21H23N3O3S. The number of sulfone groups is 1. The minimum atomic E-state index is -3.16. The number of nitrogens with one attached hydrogen (secondary N) is 1. The molecule has 1 atom stereocenters. The van der Waals surface area contributed by atoms with Crippen molar-refractivity contribution >= 4 is 9.84 Å². The van der Waals surface area contributed by atoms with Gasteiger partial charge in [0.05, 0.1) is 29.4 Å². The van der Waals surface area contributed by atoms with Gasteiger partial charge < -0.3 is 14.6 Å². The summed E-state index contributed by atoms with van der Waals surface area (Å²) in [6, 6.07) is 17.2. The minimum Gasteiger partial charge on any atom is -0.367 e. The fraction of sp³-hybridized carbons (Fsp3) is 0.286. The minimum absolute atomic E-state index is 0.0551. The number of hydrogen-bond donors (Lipinski definition) is 1. The first-order valence-electron chi connectivity index (χ1n) is 9.22. The van der Waals surface area contributed by atoms with Gasteiger partial charge in [-0.2, -0.15) is 0 Å². The van der Waals surface area contributed by atoms with Crippen molar-refractivity contribution in [2.45, 2.75) is 30.7 Å². The highest BCUT2D eigenvalue weighted by Gasteiger charge is 2.22. The molecule has 2 heterocycles. The van der Waals surface area contributed by atoms with Gasteiger partial charge in [0.1, 0.15) is 12.4 Å². The summed E-state index contributed by atoms with van der Waals surface area (Å²) in [7, 11) is -3.16. The van der Waals surface area contributed by atoms with Crippen LogP contribution in [0.3, 0.4) is 0 Å². The summed E-state index contributed by atoms with van der Waals surface area (Å²) < 4.78 is 31.2. The third-order valence-corrected chi connectivity index (χ3v) is 6.02. The Hall–Kier alpha value is -2.48. The number of hydrogen-bond acceptors (Lipinski definition) is 5. The molecule has 1 aliphatic heterocycles. The van der Waals surface area contributed by atoms with E-state index in [1.165, 1.54) is 6.26 Å². The molecule has 28 heavy (non-hydrogen) atoms. The molecule has 2 aromatic carbocycles. The lowest BCUT2D eigenvalue weighted by Crippen LogP contribution is -2.36. The number of imidazole rings is 1. The molecule has 4 rings (SSSR count). The van der Waals surface area contributed by atoms with E-state index in [4.69, 9.17) is 4.74 Å². The highest BCUT2D eigenvalue weighted by Crippen LogP contribution is 2.24. The fourth-order valence-electron chi connectivity index (χ4n) is 3.38. The quantitative estimate of drug-likeness (QED) is 0.692. The zero-order chi connectivity index (χ0) is 19.6. The molecule has 1 aromatic heterocycles. The molecule has 0 saturated heterocycles. The second-order valence-corrected chi connectivity index (χ2v) is 9.03. The van der Waals surface area contributed by atoms with Crippen molar-refractivity contribution in [3.63, 3.8) is 0 Å². The summed E-state index contributed by atoms with van der Waals surface area (Å²) in [6.07, 6.45) is 3.18. The SMILES string of the molecule is CS(=O)(=O)c1ccc(CNCC2Cn3c(-c4ccccc4)cnc3CO2)cc1. The van der Waals surface area contributed by atoms with Crippen molar-refractivity contribution in [2.24, 2.45) is 0 Å². The topological polar surface area (TPSA) is 73.2 Å². The lowest BCUT2D eigenvalue weighted by molar-refractivity contribution is 0.00326. The van der Waals surface area contributed by atoms with Gasteiger partial charge in [-0.05, 0) is 23.3 Å². The van der Waals surface area contributed by atoms with Gasteiger partial charge in [0, 0.05) is 19.3 Å². The van der Waals surface area contributed by atoms with Crippen LogP contribution in [-0.4, -0.2) is 36.9 Å². The van der Waals surface area contributed by atoms with Crippen LogP contribution in [0, 0.1) is 0 Å². The maximum Gasteiger partial charge on any atom is 0.175 e. The smallest absolute Gasteiger partial charge is 0.175 e. The highest BCUT2D eigenvalue weighted by atomic mass is 32.2. The van der Waals surface area contributed by atoms with Gasteiger partial charge >= 0.3 is 0 Å². The van der Waals surface area contributed by atoms with Gasteiger partial charge in [0.2, 0.25) is 0 Å². The monoisotopic (exact) mass is 397 g/mol. The predicted octanol–water partition coefficient (Wildman–Crippen LogP) is 2.64. The molecule has 1 N–H and O–H groups in total. The van der Waals surface area contributed by atoms with Crippen LogP contribution in [0.2, 0.25) is 0 Å². The zero-order valence-corrected chi connectivity index (χ0v) is 16.5. The average Bonchev–Trinajstić information content (AvgIpc) is 3.12. The molecule has 0 radical (unpaired) electrons. The summed E-state index contributed by atoms with van der Waals surface area (Å²) in [4.78, 5) is 4.83. The first-order chi connectivity index (χ1) is 13.5. The van der Waals surface area contributed by atoms with E-state index in [9.17, 15) is 8.42 Å². The van der Waals surface area contributed by atoms with E-state index in [-0.39, 0.29) is 6.10 Å². The fourth-order valence-corrected chi connectivity index (χ4v) is 4.01. The Labute approximate surface area is 165 Å². The van der Waals surface area contributed by atoms with Crippen molar-refractivity contribution in [3.8, 4) is 11.3 Å². The van der Waals surface area contributed by atoms with Gasteiger partial charge in [0.15, 0.2) is 9.84 Å². The van der Waals surface area contributed by atoms with E-state index in [0.29, 0.717) is 24.6 Å². The second-order valence-electron chi connectivity index (χ2n) is 7.02. The van der Waals surface area contributed by atoms with Gasteiger partial charge in [-0.15, -0.1) is 0 Å². The van der Waals surface area contributed by atoms with Crippen molar-refractivity contribution in [1.82, 2.24) is 14.9 Å². The number of rotatable bonds is 6. The average molecular weight is 398 g/mol.